The molecule has 2 aliphatic heterocycles. The molecule has 0 spiro atoms. The molecule has 29 heavy (non-hydrogen) atoms. The van der Waals surface area contributed by atoms with Crippen molar-refractivity contribution >= 4 is 15.9 Å². The van der Waals surface area contributed by atoms with Crippen molar-refractivity contribution in [3.05, 3.63) is 23.8 Å². The van der Waals surface area contributed by atoms with E-state index in [4.69, 9.17) is 4.74 Å². The molecule has 1 aromatic rings. The van der Waals surface area contributed by atoms with Crippen LogP contribution in [-0.4, -0.2) is 81.9 Å². The lowest BCUT2D eigenvalue weighted by molar-refractivity contribution is 0.0778. The molecule has 1 aromatic carbocycles. The van der Waals surface area contributed by atoms with Gasteiger partial charge in [-0.1, -0.05) is 12.8 Å². The van der Waals surface area contributed by atoms with E-state index in [2.05, 4.69) is 4.90 Å². The lowest BCUT2D eigenvalue weighted by Gasteiger charge is -2.23. The monoisotopic (exact) mass is 423 g/mol. The van der Waals surface area contributed by atoms with Gasteiger partial charge in [0, 0.05) is 33.2 Å². The third-order valence-electron chi connectivity index (χ3n) is 5.90. The fraction of sp³-hybridized carbons (Fsp3) is 0.667. The molecule has 162 valence electrons. The van der Waals surface area contributed by atoms with Gasteiger partial charge in [-0.3, -0.25) is 4.79 Å². The van der Waals surface area contributed by atoms with E-state index >= 15 is 0 Å². The number of hydrogen-bond acceptors (Lipinski definition) is 5. The largest absolute Gasteiger partial charge is 0.496 e. The number of carbonyl (C=O) groups excluding carboxylic acids is 1. The molecule has 0 aromatic heterocycles. The Morgan fingerprint density at radius 3 is 2.28 bits per heavy atom. The zero-order valence-electron chi connectivity index (χ0n) is 17.6. The first-order valence-corrected chi connectivity index (χ1v) is 12.0. The van der Waals surface area contributed by atoms with E-state index in [1.807, 2.05) is 0 Å². The highest BCUT2D eigenvalue weighted by molar-refractivity contribution is 7.89. The SMILES string of the molecule is COc1ccc(S(=O)(=O)N2CCCCCC2)cc1C(=O)N(C)CCN1CCCC1. The molecule has 0 aliphatic carbocycles. The third kappa shape index (κ3) is 5.29. The smallest absolute Gasteiger partial charge is 0.257 e. The van der Waals surface area contributed by atoms with Crippen molar-refractivity contribution in [2.24, 2.45) is 0 Å². The standard InChI is InChI=1S/C21H33N3O4S/c1-22(15-16-23-11-7-8-12-23)21(25)19-17-18(9-10-20(19)28-2)29(26,27)24-13-5-3-4-6-14-24/h9-10,17H,3-8,11-16H2,1-2H3. The van der Waals surface area contributed by atoms with Gasteiger partial charge in [0.2, 0.25) is 10.0 Å². The summed E-state index contributed by atoms with van der Waals surface area (Å²) in [5.41, 5.74) is 0.298. The number of benzene rings is 1. The van der Waals surface area contributed by atoms with E-state index in [0.29, 0.717) is 30.9 Å². The summed E-state index contributed by atoms with van der Waals surface area (Å²) in [7, 11) is -0.362. The zero-order chi connectivity index (χ0) is 20.9. The van der Waals surface area contributed by atoms with Crippen LogP contribution in [0.25, 0.3) is 0 Å². The first-order chi connectivity index (χ1) is 13.9. The minimum atomic E-state index is -3.62. The number of nitrogens with zero attached hydrogens (tertiary/aromatic N) is 3. The molecule has 0 N–H and O–H groups in total. The summed E-state index contributed by atoms with van der Waals surface area (Å²) in [5.74, 6) is 0.187. The summed E-state index contributed by atoms with van der Waals surface area (Å²) in [6.45, 7) is 4.66. The molecule has 2 heterocycles. The van der Waals surface area contributed by atoms with Gasteiger partial charge in [-0.25, -0.2) is 8.42 Å². The maximum atomic E-state index is 13.1. The maximum Gasteiger partial charge on any atom is 0.257 e. The molecule has 7 nitrogen and oxygen atoms in total. The fourth-order valence-corrected chi connectivity index (χ4v) is 5.59. The van der Waals surface area contributed by atoms with Gasteiger partial charge in [0.15, 0.2) is 0 Å². The Bertz CT molecular complexity index is 798. The van der Waals surface area contributed by atoms with Gasteiger partial charge >= 0.3 is 0 Å². The summed E-state index contributed by atoms with van der Waals surface area (Å²) >= 11 is 0. The normalized spacial score (nSPS) is 19.1. The van der Waals surface area contributed by atoms with Crippen molar-refractivity contribution in [1.82, 2.24) is 14.1 Å². The lowest BCUT2D eigenvalue weighted by atomic mass is 10.1. The van der Waals surface area contributed by atoms with Crippen molar-refractivity contribution in [2.75, 3.05) is 53.4 Å². The molecule has 1 amide bonds. The number of amides is 1. The Labute approximate surface area is 174 Å². The molecule has 2 saturated heterocycles. The first-order valence-electron chi connectivity index (χ1n) is 10.6. The number of sulfonamides is 1. The van der Waals surface area contributed by atoms with E-state index < -0.39 is 10.0 Å². The first kappa shape index (κ1) is 22.1. The second kappa shape index (κ2) is 9.91. The Morgan fingerprint density at radius 1 is 1.03 bits per heavy atom. The number of likely N-dealkylation sites (N-methyl/N-ethyl adjacent to an activating group) is 1. The highest BCUT2D eigenvalue weighted by Crippen LogP contribution is 2.27. The van der Waals surface area contributed by atoms with E-state index in [9.17, 15) is 13.2 Å². The molecule has 0 atom stereocenters. The van der Waals surface area contributed by atoms with Crippen molar-refractivity contribution in [3.8, 4) is 5.75 Å². The van der Waals surface area contributed by atoms with E-state index in [0.717, 1.165) is 45.3 Å². The van der Waals surface area contributed by atoms with Crippen LogP contribution in [0.1, 0.15) is 48.9 Å². The number of likely N-dealkylation sites (tertiary alicyclic amines) is 1. The average molecular weight is 424 g/mol. The Hall–Kier alpha value is -1.64. The van der Waals surface area contributed by atoms with Crippen LogP contribution in [0.5, 0.6) is 5.75 Å². The predicted molar refractivity (Wildman–Crippen MR) is 113 cm³/mol. The van der Waals surface area contributed by atoms with Crippen LogP contribution in [0.4, 0.5) is 0 Å². The van der Waals surface area contributed by atoms with Crippen LogP contribution in [0.15, 0.2) is 23.1 Å². The molecule has 0 unspecified atom stereocenters. The third-order valence-corrected chi connectivity index (χ3v) is 7.80. The second-order valence-corrected chi connectivity index (χ2v) is 9.89. The topological polar surface area (TPSA) is 70.2 Å². The fourth-order valence-electron chi connectivity index (χ4n) is 4.05. The number of carbonyl (C=O) groups is 1. The van der Waals surface area contributed by atoms with Crippen LogP contribution >= 0.6 is 0 Å². The van der Waals surface area contributed by atoms with Gasteiger partial charge < -0.3 is 14.5 Å². The molecule has 0 radical (unpaired) electrons. The Balaban J connectivity index is 1.79. The Kier molecular flexibility index (Phi) is 7.54. The van der Waals surface area contributed by atoms with E-state index in [1.165, 1.54) is 26.0 Å². The molecule has 8 heteroatoms. The second-order valence-electron chi connectivity index (χ2n) is 7.96. The molecule has 3 rings (SSSR count). The summed E-state index contributed by atoms with van der Waals surface area (Å²) in [4.78, 5) is 17.2. The lowest BCUT2D eigenvalue weighted by Crippen LogP contribution is -2.35. The highest BCUT2D eigenvalue weighted by Gasteiger charge is 2.28. The number of hydrogen-bond donors (Lipinski definition) is 0. The summed E-state index contributed by atoms with van der Waals surface area (Å²) in [6, 6.07) is 4.61. The minimum Gasteiger partial charge on any atom is -0.496 e. The van der Waals surface area contributed by atoms with Crippen LogP contribution in [0.2, 0.25) is 0 Å². The van der Waals surface area contributed by atoms with Gasteiger partial charge in [-0.05, 0) is 57.0 Å². The van der Waals surface area contributed by atoms with Crippen molar-refractivity contribution in [2.45, 2.75) is 43.4 Å². The predicted octanol–water partition coefficient (Wildman–Crippen LogP) is 2.43. The van der Waals surface area contributed by atoms with Crippen molar-refractivity contribution in [1.29, 1.82) is 0 Å². The maximum absolute atomic E-state index is 13.1. The molecule has 2 aliphatic rings. The molecule has 2 fully saturated rings. The summed E-state index contributed by atoms with van der Waals surface area (Å²) < 4.78 is 33.2. The van der Waals surface area contributed by atoms with Crippen molar-refractivity contribution < 1.29 is 17.9 Å². The van der Waals surface area contributed by atoms with Crippen LogP contribution in [0.3, 0.4) is 0 Å². The summed E-state index contributed by atoms with van der Waals surface area (Å²) in [6.07, 6.45) is 6.28. The quantitative estimate of drug-likeness (QED) is 0.674. The molecular weight excluding hydrogens is 390 g/mol. The molecule has 0 bridgehead atoms. The average Bonchev–Trinajstić information content (AvgIpc) is 3.10. The van der Waals surface area contributed by atoms with Crippen molar-refractivity contribution in [3.63, 3.8) is 0 Å². The van der Waals surface area contributed by atoms with Gasteiger partial charge in [0.25, 0.3) is 5.91 Å². The highest BCUT2D eigenvalue weighted by atomic mass is 32.2. The van der Waals surface area contributed by atoms with Gasteiger partial charge in [0.05, 0.1) is 17.6 Å². The minimum absolute atomic E-state index is 0.163. The number of methoxy groups -OCH3 is 1. The molecular formula is C21H33N3O4S. The van der Waals surface area contributed by atoms with Crippen LogP contribution in [0, 0.1) is 0 Å². The van der Waals surface area contributed by atoms with Crippen LogP contribution < -0.4 is 4.74 Å². The van der Waals surface area contributed by atoms with E-state index in [-0.39, 0.29) is 10.8 Å². The van der Waals surface area contributed by atoms with Crippen LogP contribution in [-0.2, 0) is 10.0 Å². The number of rotatable bonds is 7. The van der Waals surface area contributed by atoms with Gasteiger partial charge in [-0.15, -0.1) is 0 Å². The summed E-state index contributed by atoms with van der Waals surface area (Å²) in [5, 5.41) is 0. The number of ether oxygens (including phenoxy) is 1. The van der Waals surface area contributed by atoms with Gasteiger partial charge in [-0.2, -0.15) is 4.31 Å². The zero-order valence-corrected chi connectivity index (χ0v) is 18.4. The van der Waals surface area contributed by atoms with Gasteiger partial charge in [0.1, 0.15) is 5.75 Å². The Morgan fingerprint density at radius 2 is 1.66 bits per heavy atom. The van der Waals surface area contributed by atoms with E-state index in [1.54, 1.807) is 28.4 Å². The molecule has 0 saturated carbocycles.